The second-order valence-electron chi connectivity index (χ2n) is 4.82. The lowest BCUT2D eigenvalue weighted by Gasteiger charge is -2.20. The van der Waals surface area contributed by atoms with Crippen molar-refractivity contribution in [3.05, 3.63) is 17.7 Å². The van der Waals surface area contributed by atoms with Crippen LogP contribution in [0.1, 0.15) is 24.8 Å². The number of rotatable bonds is 2. The Kier molecular flexibility index (Phi) is 2.40. The third-order valence-electron chi connectivity index (χ3n) is 3.67. The van der Waals surface area contributed by atoms with Gasteiger partial charge < -0.3 is 20.3 Å². The number of nitrogens with two attached hydrogens (primary N) is 1. The molecule has 3 rings (SSSR count). The van der Waals surface area contributed by atoms with Gasteiger partial charge in [-0.25, -0.2) is 0 Å². The van der Waals surface area contributed by atoms with Gasteiger partial charge in [-0.3, -0.25) is 0 Å². The fourth-order valence-corrected chi connectivity index (χ4v) is 2.44. The molecule has 0 amide bonds. The van der Waals surface area contributed by atoms with E-state index in [1.54, 1.807) is 12.1 Å². The Balaban J connectivity index is 2.12. The highest BCUT2D eigenvalue weighted by molar-refractivity contribution is 5.59. The maximum absolute atomic E-state index is 10.1. The molecule has 4 nitrogen and oxygen atoms in total. The molecule has 3 N–H and O–H groups in total. The quantitative estimate of drug-likeness (QED) is 0.816. The molecule has 1 fully saturated rings. The molecule has 2 aliphatic rings. The summed E-state index contributed by atoms with van der Waals surface area (Å²) >= 11 is 0. The lowest BCUT2D eigenvalue weighted by Crippen LogP contribution is -2.21. The number of ether oxygens (including phenoxy) is 2. The summed E-state index contributed by atoms with van der Waals surface area (Å²) in [4.78, 5) is 0. The van der Waals surface area contributed by atoms with Crippen LogP contribution in [0.2, 0.25) is 0 Å². The van der Waals surface area contributed by atoms with Crippen molar-refractivity contribution in [3.8, 4) is 17.2 Å². The molecule has 17 heavy (non-hydrogen) atoms. The van der Waals surface area contributed by atoms with Gasteiger partial charge in [0.15, 0.2) is 11.5 Å². The zero-order valence-electron chi connectivity index (χ0n) is 9.74. The van der Waals surface area contributed by atoms with Crippen molar-refractivity contribution in [1.82, 2.24) is 0 Å². The van der Waals surface area contributed by atoms with Crippen LogP contribution in [0.25, 0.3) is 0 Å². The molecule has 0 bridgehead atoms. The summed E-state index contributed by atoms with van der Waals surface area (Å²) in [6, 6.07) is 3.45. The Morgan fingerprint density at radius 3 is 2.71 bits per heavy atom. The third-order valence-corrected chi connectivity index (χ3v) is 3.67. The highest BCUT2D eigenvalue weighted by Crippen LogP contribution is 2.56. The molecule has 1 heterocycles. The summed E-state index contributed by atoms with van der Waals surface area (Å²) in [5, 5.41) is 10.1. The topological polar surface area (TPSA) is 64.7 Å². The summed E-state index contributed by atoms with van der Waals surface area (Å²) in [7, 11) is 0. The van der Waals surface area contributed by atoms with Gasteiger partial charge in [-0.15, -0.1) is 0 Å². The van der Waals surface area contributed by atoms with Gasteiger partial charge in [0.05, 0.1) is 13.2 Å². The fourth-order valence-electron chi connectivity index (χ4n) is 2.44. The molecular weight excluding hydrogens is 218 g/mol. The van der Waals surface area contributed by atoms with E-state index in [4.69, 9.17) is 15.2 Å². The Bertz CT molecular complexity index is 441. The molecule has 1 aliphatic heterocycles. The van der Waals surface area contributed by atoms with Crippen LogP contribution in [0.5, 0.6) is 17.2 Å². The summed E-state index contributed by atoms with van der Waals surface area (Å²) in [5.74, 6) is 1.71. The molecule has 0 atom stereocenters. The first-order valence-corrected chi connectivity index (χ1v) is 6.09. The summed E-state index contributed by atoms with van der Waals surface area (Å²) < 4.78 is 11.4. The van der Waals surface area contributed by atoms with E-state index in [0.29, 0.717) is 25.5 Å². The monoisotopic (exact) mass is 235 g/mol. The first kappa shape index (κ1) is 10.7. The molecule has 1 saturated carbocycles. The zero-order chi connectivity index (χ0) is 11.9. The van der Waals surface area contributed by atoms with Crippen LogP contribution in [0.3, 0.4) is 0 Å². The molecule has 0 saturated heterocycles. The van der Waals surface area contributed by atoms with Crippen LogP contribution in [-0.2, 0) is 5.41 Å². The number of phenolic OH excluding ortho intramolecular Hbond substituents is 1. The van der Waals surface area contributed by atoms with Gasteiger partial charge in [0.2, 0.25) is 0 Å². The van der Waals surface area contributed by atoms with E-state index in [-0.39, 0.29) is 11.2 Å². The van der Waals surface area contributed by atoms with Gasteiger partial charge in [0.25, 0.3) is 0 Å². The maximum Gasteiger partial charge on any atom is 0.168 e. The maximum atomic E-state index is 10.1. The Labute approximate surface area is 100 Å². The normalized spacial score (nSPS) is 20.8. The van der Waals surface area contributed by atoms with Crippen molar-refractivity contribution >= 4 is 0 Å². The summed E-state index contributed by atoms with van der Waals surface area (Å²) in [6.07, 6.45) is 2.89. The SMILES string of the molecule is NCC1(c2c(O)ccc3c2OCCCO3)CC1. The lowest BCUT2D eigenvalue weighted by molar-refractivity contribution is 0.295. The summed E-state index contributed by atoms with van der Waals surface area (Å²) in [5.41, 5.74) is 6.59. The molecular formula is C13H17NO3. The molecule has 4 heteroatoms. The van der Waals surface area contributed by atoms with Crippen molar-refractivity contribution in [2.24, 2.45) is 5.73 Å². The van der Waals surface area contributed by atoms with Crippen molar-refractivity contribution in [1.29, 1.82) is 0 Å². The minimum absolute atomic E-state index is 0.0941. The van der Waals surface area contributed by atoms with E-state index in [1.807, 2.05) is 0 Å². The zero-order valence-corrected chi connectivity index (χ0v) is 9.74. The predicted molar refractivity (Wildman–Crippen MR) is 63.7 cm³/mol. The number of aromatic hydroxyl groups is 1. The van der Waals surface area contributed by atoms with E-state index in [2.05, 4.69) is 0 Å². The molecule has 1 aromatic carbocycles. The van der Waals surface area contributed by atoms with Crippen LogP contribution in [0.4, 0.5) is 0 Å². The first-order chi connectivity index (χ1) is 8.27. The first-order valence-electron chi connectivity index (χ1n) is 6.09. The van der Waals surface area contributed by atoms with Crippen LogP contribution in [0.15, 0.2) is 12.1 Å². The molecule has 0 aromatic heterocycles. The van der Waals surface area contributed by atoms with Crippen LogP contribution >= 0.6 is 0 Å². The second-order valence-corrected chi connectivity index (χ2v) is 4.82. The minimum Gasteiger partial charge on any atom is -0.508 e. The largest absolute Gasteiger partial charge is 0.508 e. The molecule has 1 aliphatic carbocycles. The Hall–Kier alpha value is -1.42. The Morgan fingerprint density at radius 2 is 2.00 bits per heavy atom. The Morgan fingerprint density at radius 1 is 1.24 bits per heavy atom. The van der Waals surface area contributed by atoms with Gasteiger partial charge in [0, 0.05) is 23.9 Å². The minimum atomic E-state index is -0.0941. The van der Waals surface area contributed by atoms with Crippen molar-refractivity contribution in [3.63, 3.8) is 0 Å². The highest BCUT2D eigenvalue weighted by atomic mass is 16.5. The lowest BCUT2D eigenvalue weighted by atomic mass is 9.93. The average molecular weight is 235 g/mol. The molecule has 92 valence electrons. The van der Waals surface area contributed by atoms with Crippen LogP contribution in [0, 0.1) is 0 Å². The smallest absolute Gasteiger partial charge is 0.168 e. The molecule has 0 spiro atoms. The molecule has 1 aromatic rings. The number of fused-ring (bicyclic) bond motifs is 1. The van der Waals surface area contributed by atoms with Crippen molar-refractivity contribution in [2.45, 2.75) is 24.7 Å². The van der Waals surface area contributed by atoms with E-state index >= 15 is 0 Å². The second kappa shape index (κ2) is 3.81. The van der Waals surface area contributed by atoms with Gasteiger partial charge in [-0.2, -0.15) is 0 Å². The molecule has 0 unspecified atom stereocenters. The van der Waals surface area contributed by atoms with E-state index in [0.717, 1.165) is 30.6 Å². The van der Waals surface area contributed by atoms with Gasteiger partial charge in [-0.1, -0.05) is 0 Å². The number of phenols is 1. The number of hydrogen-bond acceptors (Lipinski definition) is 4. The van der Waals surface area contributed by atoms with Crippen LogP contribution < -0.4 is 15.2 Å². The van der Waals surface area contributed by atoms with Gasteiger partial charge in [0.1, 0.15) is 5.75 Å². The van der Waals surface area contributed by atoms with E-state index < -0.39 is 0 Å². The number of hydrogen-bond donors (Lipinski definition) is 2. The van der Waals surface area contributed by atoms with Crippen molar-refractivity contribution < 1.29 is 14.6 Å². The fraction of sp³-hybridized carbons (Fsp3) is 0.538. The third kappa shape index (κ3) is 1.63. The van der Waals surface area contributed by atoms with Gasteiger partial charge >= 0.3 is 0 Å². The van der Waals surface area contributed by atoms with Gasteiger partial charge in [-0.05, 0) is 25.0 Å². The molecule has 0 radical (unpaired) electrons. The highest BCUT2D eigenvalue weighted by Gasteiger charge is 2.47. The van der Waals surface area contributed by atoms with E-state index in [1.165, 1.54) is 0 Å². The van der Waals surface area contributed by atoms with Crippen molar-refractivity contribution in [2.75, 3.05) is 19.8 Å². The average Bonchev–Trinajstić information content (AvgIpc) is 3.12. The standard InChI is InChI=1S/C13H17NO3/c14-8-13(4-5-13)11-9(15)2-3-10-12(11)17-7-1-6-16-10/h2-3,15H,1,4-8,14H2. The van der Waals surface area contributed by atoms with E-state index in [9.17, 15) is 5.11 Å². The number of benzene rings is 1. The van der Waals surface area contributed by atoms with Crippen LogP contribution in [-0.4, -0.2) is 24.9 Å². The summed E-state index contributed by atoms with van der Waals surface area (Å²) in [6.45, 7) is 1.83. The predicted octanol–water partition coefficient (Wildman–Crippen LogP) is 1.54.